The molecule has 1 unspecified atom stereocenters. The van der Waals surface area contributed by atoms with E-state index in [-0.39, 0.29) is 42.3 Å². The highest BCUT2D eigenvalue weighted by molar-refractivity contribution is 6.06. The minimum atomic E-state index is -0.649. The molecule has 3 fully saturated rings. The van der Waals surface area contributed by atoms with Crippen molar-refractivity contribution in [3.63, 3.8) is 0 Å². The predicted molar refractivity (Wildman–Crippen MR) is 244 cm³/mol. The topological polar surface area (TPSA) is 189 Å². The Kier molecular flexibility index (Phi) is 13.1. The summed E-state index contributed by atoms with van der Waals surface area (Å²) in [6, 6.07) is 11.4. The maximum Gasteiger partial charge on any atom is 0.255 e. The van der Waals surface area contributed by atoms with Gasteiger partial charge in [0, 0.05) is 61.8 Å². The van der Waals surface area contributed by atoms with Gasteiger partial charge in [-0.1, -0.05) is 49.0 Å². The number of carbonyl (C=O) groups excluding carboxylic acids is 4. The summed E-state index contributed by atoms with van der Waals surface area (Å²) in [7, 11) is 3.45. The van der Waals surface area contributed by atoms with E-state index in [4.69, 9.17) is 14.5 Å². The van der Waals surface area contributed by atoms with Crippen LogP contribution in [0.2, 0.25) is 0 Å². The molecule has 4 amide bonds. The zero-order valence-electron chi connectivity index (χ0n) is 37.3. The highest BCUT2D eigenvalue weighted by atomic mass is 16.5. The highest BCUT2D eigenvalue weighted by Gasteiger charge is 2.42. The number of hydrogen-bond donors (Lipinski definition) is 3. The van der Waals surface area contributed by atoms with Crippen LogP contribution in [-0.2, 0) is 25.7 Å². The van der Waals surface area contributed by atoms with E-state index >= 15 is 0 Å². The maximum absolute atomic E-state index is 13.3. The van der Waals surface area contributed by atoms with Gasteiger partial charge in [-0.25, -0.2) is 9.67 Å². The maximum atomic E-state index is 13.3. The molecule has 17 heteroatoms. The van der Waals surface area contributed by atoms with Crippen LogP contribution >= 0.6 is 0 Å². The van der Waals surface area contributed by atoms with Crippen molar-refractivity contribution in [3.05, 3.63) is 65.5 Å². The van der Waals surface area contributed by atoms with Gasteiger partial charge < -0.3 is 34.8 Å². The minimum Gasteiger partial charge on any atom is -0.495 e. The molecule has 3 aliphatic heterocycles. The normalized spacial score (nSPS) is 22.1. The van der Waals surface area contributed by atoms with Crippen LogP contribution in [0.25, 0.3) is 11.3 Å². The van der Waals surface area contributed by atoms with Crippen molar-refractivity contribution in [2.75, 3.05) is 49.0 Å². The SMILES string of the molecule is CC[C@@H]1C(=O)N(C)c2cnc(Nc3ccc(-c4cn([C@H]5CC[C@H](NCCOCCC#Cc6cccc7c6CN(C6CCC(=O)NC6=O)C7=O)CC5)nn4)cc3OC)nc2N1C1CCCC1. The molecule has 0 radical (unpaired) electrons. The number of nitrogens with one attached hydrogen (secondary N) is 3. The van der Waals surface area contributed by atoms with E-state index in [0.29, 0.717) is 62.3 Å². The van der Waals surface area contributed by atoms with Crippen LogP contribution in [0.15, 0.2) is 48.8 Å². The molecule has 4 aromatic rings. The number of methoxy groups -OCH3 is 1. The summed E-state index contributed by atoms with van der Waals surface area (Å²) in [6.45, 7) is 4.20. The Hall–Kier alpha value is -6.38. The third kappa shape index (κ3) is 9.14. The first-order chi connectivity index (χ1) is 31.7. The third-order valence-corrected chi connectivity index (χ3v) is 13.6. The number of anilines is 4. The number of aromatic nitrogens is 5. The molecule has 340 valence electrons. The first-order valence-electron chi connectivity index (χ1n) is 23.1. The quantitative estimate of drug-likeness (QED) is 0.0844. The predicted octanol–water partition coefficient (Wildman–Crippen LogP) is 5.28. The van der Waals surface area contributed by atoms with Gasteiger partial charge in [-0.2, -0.15) is 4.98 Å². The van der Waals surface area contributed by atoms with Crippen LogP contribution in [0.3, 0.4) is 0 Å². The van der Waals surface area contributed by atoms with E-state index in [1.54, 1.807) is 36.2 Å². The Bertz CT molecular complexity index is 2500. The summed E-state index contributed by atoms with van der Waals surface area (Å²) >= 11 is 0. The van der Waals surface area contributed by atoms with Crippen LogP contribution in [0.5, 0.6) is 5.75 Å². The van der Waals surface area contributed by atoms with Gasteiger partial charge in [-0.3, -0.25) is 24.5 Å². The number of fused-ring (bicyclic) bond motifs is 2. The zero-order valence-corrected chi connectivity index (χ0v) is 37.3. The number of rotatable bonds is 14. The van der Waals surface area contributed by atoms with Crippen molar-refractivity contribution < 1.29 is 28.7 Å². The van der Waals surface area contributed by atoms with Gasteiger partial charge in [0.1, 0.15) is 29.2 Å². The van der Waals surface area contributed by atoms with Crippen molar-refractivity contribution in [3.8, 4) is 28.8 Å². The van der Waals surface area contributed by atoms with Crippen LogP contribution < -0.4 is 30.5 Å². The molecule has 0 bridgehead atoms. The van der Waals surface area contributed by atoms with E-state index in [2.05, 4.69) is 54.9 Å². The van der Waals surface area contributed by atoms with Crippen molar-refractivity contribution in [2.45, 2.75) is 121 Å². The summed E-state index contributed by atoms with van der Waals surface area (Å²) < 4.78 is 13.7. The first-order valence-corrected chi connectivity index (χ1v) is 23.1. The van der Waals surface area contributed by atoms with E-state index in [1.165, 1.54) is 0 Å². The lowest BCUT2D eigenvalue weighted by Gasteiger charge is -2.43. The molecule has 2 saturated carbocycles. The standard InChI is InChI=1S/C48H57N11O6/c1-4-39-47(63)56(2)41-27-50-48(53-44(41)59(39)34-12-5-6-13-34)51-37-20-15-31(26-42(37)64-3)38-29-58(55-54-38)33-18-16-32(17-19-33)49-23-25-65-24-8-7-10-30-11-9-14-35-36(30)28-57(46(35)62)40-21-22-43(60)52-45(40)61/h9,11,14-15,20,26-27,29,32-34,39-40,49H,4-6,8,12-13,16-19,21-25,28H2,1-3H3,(H,50,51,53)(H,52,60,61)/t32-,33-,39-,40?/m1/s1. The van der Waals surface area contributed by atoms with Crippen molar-refractivity contribution in [2.24, 2.45) is 0 Å². The van der Waals surface area contributed by atoms with Crippen LogP contribution in [0, 0.1) is 11.8 Å². The highest BCUT2D eigenvalue weighted by Crippen LogP contribution is 2.41. The van der Waals surface area contributed by atoms with Crippen LogP contribution in [-0.4, -0.2) is 112 Å². The fourth-order valence-electron chi connectivity index (χ4n) is 10.1. The molecule has 3 N–H and O–H groups in total. The molecular weight excluding hydrogens is 827 g/mol. The summed E-state index contributed by atoms with van der Waals surface area (Å²) in [5, 5.41) is 18.4. The number of amides is 4. The lowest BCUT2D eigenvalue weighted by molar-refractivity contribution is -0.137. The number of likely N-dealkylation sites (N-methyl/N-ethyl adjacent to an activating group) is 1. The van der Waals surface area contributed by atoms with Crippen LogP contribution in [0.4, 0.5) is 23.1 Å². The smallest absolute Gasteiger partial charge is 0.255 e. The Morgan fingerprint density at radius 3 is 2.58 bits per heavy atom. The molecule has 2 atom stereocenters. The summed E-state index contributed by atoms with van der Waals surface area (Å²) in [4.78, 5) is 65.5. The monoisotopic (exact) mass is 883 g/mol. The van der Waals surface area contributed by atoms with Gasteiger partial charge in [0.25, 0.3) is 5.91 Å². The lowest BCUT2D eigenvalue weighted by atomic mass is 9.91. The van der Waals surface area contributed by atoms with Crippen molar-refractivity contribution in [1.82, 2.24) is 40.5 Å². The summed E-state index contributed by atoms with van der Waals surface area (Å²) in [5.74, 6) is 7.41. The average molecular weight is 884 g/mol. The van der Waals surface area contributed by atoms with Gasteiger partial charge in [-0.05, 0) is 81.2 Å². The second-order valence-corrected chi connectivity index (χ2v) is 17.5. The molecule has 17 nitrogen and oxygen atoms in total. The Morgan fingerprint density at radius 1 is 0.969 bits per heavy atom. The molecule has 65 heavy (non-hydrogen) atoms. The largest absolute Gasteiger partial charge is 0.495 e. The summed E-state index contributed by atoms with van der Waals surface area (Å²) in [5.41, 5.74) is 5.27. The Labute approximate surface area is 379 Å². The molecule has 1 saturated heterocycles. The molecule has 2 aromatic heterocycles. The number of hydrogen-bond acceptors (Lipinski definition) is 13. The van der Waals surface area contributed by atoms with Gasteiger partial charge in [0.15, 0.2) is 5.82 Å². The average Bonchev–Trinajstić information content (AvgIpc) is 4.11. The fraction of sp³-hybridized carbons (Fsp3) is 0.500. The van der Waals surface area contributed by atoms with Crippen LogP contribution in [0.1, 0.15) is 112 Å². The summed E-state index contributed by atoms with van der Waals surface area (Å²) in [6.07, 6.45) is 14.0. The lowest BCUT2D eigenvalue weighted by Crippen LogP contribution is -2.55. The van der Waals surface area contributed by atoms with Gasteiger partial charge in [-0.15, -0.1) is 5.10 Å². The number of benzene rings is 2. The molecule has 0 spiro atoms. The van der Waals surface area contributed by atoms with Gasteiger partial charge in [0.05, 0.1) is 44.4 Å². The number of carbonyl (C=O) groups is 4. The molecular formula is C48H57N11O6. The van der Waals surface area contributed by atoms with Crippen molar-refractivity contribution >= 4 is 46.8 Å². The second-order valence-electron chi connectivity index (χ2n) is 17.5. The molecule has 9 rings (SSSR count). The second kappa shape index (κ2) is 19.4. The van der Waals surface area contributed by atoms with Gasteiger partial charge >= 0.3 is 0 Å². The Balaban J connectivity index is 0.723. The van der Waals surface area contributed by atoms with Gasteiger partial charge in [0.2, 0.25) is 23.7 Å². The van der Waals surface area contributed by atoms with E-state index in [9.17, 15) is 19.2 Å². The molecule has 5 heterocycles. The minimum absolute atomic E-state index is 0.0871. The zero-order chi connectivity index (χ0) is 45.0. The third-order valence-electron chi connectivity index (χ3n) is 13.6. The Morgan fingerprint density at radius 2 is 1.80 bits per heavy atom. The number of imide groups is 1. The number of nitrogens with zero attached hydrogens (tertiary/aromatic N) is 8. The first kappa shape index (κ1) is 43.9. The van der Waals surface area contributed by atoms with E-state index in [1.807, 2.05) is 41.2 Å². The fourth-order valence-corrected chi connectivity index (χ4v) is 10.1. The van der Waals surface area contributed by atoms with E-state index < -0.39 is 11.9 Å². The molecule has 5 aliphatic rings. The number of piperidine rings is 1. The number of ether oxygens (including phenoxy) is 2. The molecule has 2 aromatic carbocycles. The van der Waals surface area contributed by atoms with E-state index in [0.717, 1.165) is 97.5 Å². The molecule has 2 aliphatic carbocycles. The van der Waals surface area contributed by atoms with Crippen molar-refractivity contribution in [1.29, 1.82) is 0 Å².